The van der Waals surface area contributed by atoms with Crippen molar-refractivity contribution in [2.45, 2.75) is 47.1 Å². The third-order valence-corrected chi connectivity index (χ3v) is 8.91. The number of aryl methyl sites for hydroxylation is 2. The first-order valence-corrected chi connectivity index (χ1v) is 16.3. The van der Waals surface area contributed by atoms with E-state index in [1.165, 1.54) is 4.68 Å². The van der Waals surface area contributed by atoms with Gasteiger partial charge < -0.3 is 23.5 Å². The van der Waals surface area contributed by atoms with Crippen molar-refractivity contribution in [3.8, 4) is 40.1 Å². The zero-order valence-corrected chi connectivity index (χ0v) is 28.5. The SMILES string of the molecule is COc1cc(C)c(-c2nc3ccccc3c(=O)n2N=Cc2cc(C)n(-c3ccc(OCc4ccc5c(c4)OCO5)cc3)c2C)cc1C(C)C. The fourth-order valence-electron chi connectivity index (χ4n) is 6.30. The zero-order chi connectivity index (χ0) is 34.2. The normalized spacial score (nSPS) is 12.4. The van der Waals surface area contributed by atoms with Crippen molar-refractivity contribution in [2.75, 3.05) is 13.9 Å². The minimum absolute atomic E-state index is 0.208. The van der Waals surface area contributed by atoms with Crippen molar-refractivity contribution in [3.63, 3.8) is 0 Å². The first-order chi connectivity index (χ1) is 23.7. The third-order valence-electron chi connectivity index (χ3n) is 8.91. The van der Waals surface area contributed by atoms with Gasteiger partial charge in [-0.1, -0.05) is 32.0 Å². The highest BCUT2D eigenvalue weighted by Crippen LogP contribution is 2.35. The second-order valence-electron chi connectivity index (χ2n) is 12.5. The predicted molar refractivity (Wildman–Crippen MR) is 192 cm³/mol. The Kier molecular flexibility index (Phi) is 8.42. The quantitative estimate of drug-likeness (QED) is 0.146. The molecule has 0 radical (unpaired) electrons. The van der Waals surface area contributed by atoms with Crippen LogP contribution in [0.3, 0.4) is 0 Å². The number of nitrogens with zero attached hydrogens (tertiary/aromatic N) is 4. The Balaban J connectivity index is 1.20. The van der Waals surface area contributed by atoms with Crippen molar-refractivity contribution in [1.29, 1.82) is 0 Å². The van der Waals surface area contributed by atoms with E-state index in [1.807, 2.05) is 80.6 Å². The van der Waals surface area contributed by atoms with Gasteiger partial charge in [-0.15, -0.1) is 0 Å². The van der Waals surface area contributed by atoms with Crippen LogP contribution >= 0.6 is 0 Å². The minimum Gasteiger partial charge on any atom is -0.496 e. The van der Waals surface area contributed by atoms with E-state index in [1.54, 1.807) is 19.4 Å². The summed E-state index contributed by atoms with van der Waals surface area (Å²) in [5, 5.41) is 5.30. The van der Waals surface area contributed by atoms with Crippen LogP contribution in [0.25, 0.3) is 28.0 Å². The van der Waals surface area contributed by atoms with Crippen LogP contribution < -0.4 is 24.5 Å². The van der Waals surface area contributed by atoms with Crippen molar-refractivity contribution in [1.82, 2.24) is 14.2 Å². The molecule has 1 aliphatic rings. The fraction of sp³-hybridized carbons (Fsp3) is 0.225. The summed E-state index contributed by atoms with van der Waals surface area (Å²) < 4.78 is 26.2. The maximum atomic E-state index is 14.0. The van der Waals surface area contributed by atoms with Crippen LogP contribution in [0.5, 0.6) is 23.0 Å². The molecule has 248 valence electrons. The molecule has 9 nitrogen and oxygen atoms in total. The minimum atomic E-state index is -0.233. The van der Waals surface area contributed by atoms with E-state index in [2.05, 4.69) is 37.5 Å². The molecule has 3 heterocycles. The summed E-state index contributed by atoms with van der Waals surface area (Å²) in [6.07, 6.45) is 1.74. The summed E-state index contributed by atoms with van der Waals surface area (Å²) in [5.74, 6) is 3.75. The van der Waals surface area contributed by atoms with E-state index >= 15 is 0 Å². The van der Waals surface area contributed by atoms with Crippen molar-refractivity contribution in [2.24, 2.45) is 5.10 Å². The second kappa shape index (κ2) is 13.0. The topological polar surface area (TPSA) is 89.1 Å². The van der Waals surface area contributed by atoms with Crippen LogP contribution in [-0.2, 0) is 6.61 Å². The van der Waals surface area contributed by atoms with Crippen LogP contribution in [0.4, 0.5) is 0 Å². The Morgan fingerprint density at radius 2 is 1.71 bits per heavy atom. The zero-order valence-electron chi connectivity index (χ0n) is 28.5. The van der Waals surface area contributed by atoms with Crippen LogP contribution in [0.15, 0.2) is 94.8 Å². The molecule has 0 atom stereocenters. The molecule has 0 saturated carbocycles. The van der Waals surface area contributed by atoms with E-state index in [-0.39, 0.29) is 18.3 Å². The Bertz CT molecular complexity index is 2280. The maximum Gasteiger partial charge on any atom is 0.282 e. The number of para-hydroxylation sites is 1. The highest BCUT2D eigenvalue weighted by atomic mass is 16.7. The average Bonchev–Trinajstić information content (AvgIpc) is 3.69. The molecular formula is C40H38N4O5. The molecular weight excluding hydrogens is 616 g/mol. The molecule has 0 saturated heterocycles. The van der Waals surface area contributed by atoms with Gasteiger partial charge in [0.25, 0.3) is 5.56 Å². The lowest BCUT2D eigenvalue weighted by molar-refractivity contribution is 0.174. The molecule has 6 aromatic rings. The van der Waals surface area contributed by atoms with Crippen LogP contribution in [0, 0.1) is 20.8 Å². The average molecular weight is 655 g/mol. The molecule has 49 heavy (non-hydrogen) atoms. The number of fused-ring (bicyclic) bond motifs is 2. The molecule has 2 aromatic heterocycles. The van der Waals surface area contributed by atoms with Gasteiger partial charge in [0, 0.05) is 28.2 Å². The molecule has 4 aromatic carbocycles. The third kappa shape index (κ3) is 6.04. The van der Waals surface area contributed by atoms with E-state index in [9.17, 15) is 4.79 Å². The van der Waals surface area contributed by atoms with Gasteiger partial charge in [0.2, 0.25) is 6.79 Å². The maximum absolute atomic E-state index is 14.0. The van der Waals surface area contributed by atoms with E-state index in [4.69, 9.17) is 29.0 Å². The lowest BCUT2D eigenvalue weighted by atomic mass is 9.96. The molecule has 1 aliphatic heterocycles. The largest absolute Gasteiger partial charge is 0.496 e. The highest BCUT2D eigenvalue weighted by Gasteiger charge is 2.19. The number of rotatable bonds is 9. The van der Waals surface area contributed by atoms with Gasteiger partial charge >= 0.3 is 0 Å². The number of aromatic nitrogens is 3. The summed E-state index contributed by atoms with van der Waals surface area (Å²) in [6.45, 7) is 11.0. The van der Waals surface area contributed by atoms with Gasteiger partial charge in [-0.25, -0.2) is 4.98 Å². The summed E-state index contributed by atoms with van der Waals surface area (Å²) in [6, 6.07) is 27.3. The van der Waals surface area contributed by atoms with Crippen LogP contribution in [0.1, 0.15) is 53.4 Å². The van der Waals surface area contributed by atoms with Crippen molar-refractivity contribution >= 4 is 17.1 Å². The monoisotopic (exact) mass is 654 g/mol. The highest BCUT2D eigenvalue weighted by molar-refractivity contribution is 5.84. The number of ether oxygens (including phenoxy) is 4. The Labute approximate surface area is 285 Å². The van der Waals surface area contributed by atoms with Gasteiger partial charge in [0.05, 0.1) is 24.2 Å². The lowest BCUT2D eigenvalue weighted by Gasteiger charge is -2.17. The van der Waals surface area contributed by atoms with Gasteiger partial charge in [-0.05, 0) is 110 Å². The van der Waals surface area contributed by atoms with Crippen molar-refractivity contribution in [3.05, 3.63) is 129 Å². The van der Waals surface area contributed by atoms with Gasteiger partial charge in [-0.2, -0.15) is 9.78 Å². The molecule has 0 unspecified atom stereocenters. The number of methoxy groups -OCH3 is 1. The van der Waals surface area contributed by atoms with Gasteiger partial charge in [0.1, 0.15) is 18.1 Å². The number of hydrogen-bond acceptors (Lipinski definition) is 7. The molecule has 0 bridgehead atoms. The van der Waals surface area contributed by atoms with E-state index < -0.39 is 0 Å². The standard InChI is InChI=1S/C40H38N4O5/c1-24(2)33-20-34(25(3)17-37(33)46-6)39-42-35-10-8-7-9-32(35)40(45)44(39)41-21-29-18-26(4)43(27(29)5)30-12-14-31(15-13-30)47-22-28-11-16-36-38(19-28)49-23-48-36/h7-21,24H,22-23H2,1-6H3. The molecule has 0 aliphatic carbocycles. The molecule has 9 heteroatoms. The summed E-state index contributed by atoms with van der Waals surface area (Å²) >= 11 is 0. The number of benzene rings is 4. The smallest absolute Gasteiger partial charge is 0.282 e. The second-order valence-corrected chi connectivity index (χ2v) is 12.5. The molecule has 0 fully saturated rings. The Morgan fingerprint density at radius 3 is 2.49 bits per heavy atom. The van der Waals surface area contributed by atoms with Gasteiger partial charge in [0.15, 0.2) is 17.3 Å². The van der Waals surface area contributed by atoms with E-state index in [0.29, 0.717) is 23.3 Å². The molecule has 0 N–H and O–H groups in total. The fourth-order valence-corrected chi connectivity index (χ4v) is 6.30. The van der Waals surface area contributed by atoms with Crippen LogP contribution in [-0.4, -0.2) is 34.3 Å². The Hall–Kier alpha value is -5.83. The molecule has 0 spiro atoms. The van der Waals surface area contributed by atoms with Crippen molar-refractivity contribution < 1.29 is 18.9 Å². The Morgan fingerprint density at radius 1 is 0.939 bits per heavy atom. The lowest BCUT2D eigenvalue weighted by Crippen LogP contribution is -2.21. The van der Waals surface area contributed by atoms with Gasteiger partial charge in [-0.3, -0.25) is 4.79 Å². The summed E-state index contributed by atoms with van der Waals surface area (Å²) in [7, 11) is 1.68. The molecule has 7 rings (SSSR count). The van der Waals surface area contributed by atoms with Crippen LogP contribution in [0.2, 0.25) is 0 Å². The first kappa shape index (κ1) is 31.8. The summed E-state index contributed by atoms with van der Waals surface area (Å²) in [5.41, 5.74) is 8.09. The first-order valence-electron chi connectivity index (χ1n) is 16.3. The number of hydrogen-bond donors (Lipinski definition) is 0. The summed E-state index contributed by atoms with van der Waals surface area (Å²) in [4.78, 5) is 18.9. The predicted octanol–water partition coefficient (Wildman–Crippen LogP) is 8.10. The van der Waals surface area contributed by atoms with E-state index in [0.717, 1.165) is 67.9 Å². The molecule has 0 amide bonds.